The number of thiophene rings is 1. The van der Waals surface area contributed by atoms with Crippen molar-refractivity contribution in [3.05, 3.63) is 20.8 Å². The molecule has 0 saturated heterocycles. The molecule has 2 aliphatic rings. The molecule has 4 rings (SSSR count). The van der Waals surface area contributed by atoms with Crippen molar-refractivity contribution in [3.8, 4) is 0 Å². The second-order valence-electron chi connectivity index (χ2n) is 9.06. The molecule has 142 valence electrons. The molecule has 1 unspecified atom stereocenters. The second kappa shape index (κ2) is 6.97. The maximum atomic E-state index is 13.5. The maximum absolute atomic E-state index is 13.5. The Morgan fingerprint density at radius 2 is 1.88 bits per heavy atom. The summed E-state index contributed by atoms with van der Waals surface area (Å²) in [7, 11) is 0. The minimum Gasteiger partial charge on any atom is -0.284 e. The Bertz CT molecular complexity index is 869. The van der Waals surface area contributed by atoms with Crippen molar-refractivity contribution in [2.45, 2.75) is 83.3 Å². The molecule has 26 heavy (non-hydrogen) atoms. The fourth-order valence-electron chi connectivity index (χ4n) is 4.76. The number of nitrogens with zero attached hydrogens (tertiary/aromatic N) is 2. The first-order chi connectivity index (χ1) is 12.4. The van der Waals surface area contributed by atoms with E-state index in [4.69, 9.17) is 4.98 Å². The quantitative estimate of drug-likeness (QED) is 0.477. The molecule has 2 heterocycles. The van der Waals surface area contributed by atoms with Crippen LogP contribution in [-0.4, -0.2) is 15.8 Å². The van der Waals surface area contributed by atoms with Gasteiger partial charge < -0.3 is 0 Å². The first-order valence-electron chi connectivity index (χ1n) is 10.0. The molecule has 0 spiro atoms. The molecule has 0 aliphatic heterocycles. The summed E-state index contributed by atoms with van der Waals surface area (Å²) in [4.78, 5) is 20.9. The Labute approximate surface area is 164 Å². The second-order valence-corrected chi connectivity index (χ2v) is 10.9. The van der Waals surface area contributed by atoms with Crippen molar-refractivity contribution >= 4 is 33.3 Å². The van der Waals surface area contributed by atoms with Crippen LogP contribution in [-0.2, 0) is 12.8 Å². The summed E-state index contributed by atoms with van der Waals surface area (Å²) >= 11 is 3.41. The number of rotatable bonds is 2. The van der Waals surface area contributed by atoms with Crippen molar-refractivity contribution < 1.29 is 0 Å². The van der Waals surface area contributed by atoms with Gasteiger partial charge >= 0.3 is 0 Å². The average molecular weight is 391 g/mol. The average Bonchev–Trinajstić information content (AvgIpc) is 2.99. The topological polar surface area (TPSA) is 34.9 Å². The molecule has 0 amide bonds. The zero-order valence-corrected chi connectivity index (χ0v) is 18.1. The third-order valence-electron chi connectivity index (χ3n) is 6.43. The SMILES string of the molecule is CSc1nc2sc3c(c2c(=O)n1C1CCCCC1)CCC(C(C)(C)C)C3. The largest absolute Gasteiger partial charge is 0.284 e. The highest BCUT2D eigenvalue weighted by atomic mass is 32.2. The first-order valence-corrected chi connectivity index (χ1v) is 12.0. The molecular formula is C21H30N2OS2. The van der Waals surface area contributed by atoms with Gasteiger partial charge in [-0.2, -0.15) is 0 Å². The predicted molar refractivity (Wildman–Crippen MR) is 113 cm³/mol. The van der Waals surface area contributed by atoms with Crippen LogP contribution in [0.3, 0.4) is 0 Å². The highest BCUT2D eigenvalue weighted by Gasteiger charge is 2.32. The Morgan fingerprint density at radius 1 is 1.15 bits per heavy atom. The van der Waals surface area contributed by atoms with E-state index in [1.807, 2.05) is 0 Å². The number of aromatic nitrogens is 2. The lowest BCUT2D eigenvalue weighted by Crippen LogP contribution is -2.30. The third kappa shape index (κ3) is 3.15. The molecule has 1 fully saturated rings. The minimum atomic E-state index is 0.234. The maximum Gasteiger partial charge on any atom is 0.263 e. The predicted octanol–water partition coefficient (Wildman–Crippen LogP) is 5.84. The van der Waals surface area contributed by atoms with Gasteiger partial charge in [-0.25, -0.2) is 4.98 Å². The van der Waals surface area contributed by atoms with Gasteiger partial charge in [-0.1, -0.05) is 51.8 Å². The fraction of sp³-hybridized carbons (Fsp3) is 0.714. The Kier molecular flexibility index (Phi) is 4.98. The van der Waals surface area contributed by atoms with Gasteiger partial charge in [0.25, 0.3) is 5.56 Å². The first kappa shape index (κ1) is 18.5. The van der Waals surface area contributed by atoms with Gasteiger partial charge in [0, 0.05) is 10.9 Å². The molecule has 0 radical (unpaired) electrons. The molecule has 5 heteroatoms. The standard InChI is InChI=1S/C21H30N2OS2/c1-21(2,3)13-10-11-15-16(12-13)26-18-17(15)19(24)23(20(22-18)25-4)14-8-6-5-7-9-14/h13-14H,5-12H2,1-4H3. The lowest BCUT2D eigenvalue weighted by atomic mass is 9.72. The van der Waals surface area contributed by atoms with E-state index in [0.29, 0.717) is 17.4 Å². The van der Waals surface area contributed by atoms with Crippen molar-refractivity contribution in [2.24, 2.45) is 11.3 Å². The van der Waals surface area contributed by atoms with E-state index < -0.39 is 0 Å². The van der Waals surface area contributed by atoms with Crippen molar-refractivity contribution in [3.63, 3.8) is 0 Å². The van der Waals surface area contributed by atoms with Crippen LogP contribution in [0.2, 0.25) is 0 Å². The zero-order valence-electron chi connectivity index (χ0n) is 16.4. The van der Waals surface area contributed by atoms with Crippen molar-refractivity contribution in [2.75, 3.05) is 6.26 Å². The van der Waals surface area contributed by atoms with Gasteiger partial charge in [-0.05, 0) is 55.3 Å². The molecular weight excluding hydrogens is 360 g/mol. The normalized spacial score (nSPS) is 21.9. The van der Waals surface area contributed by atoms with Crippen LogP contribution in [0, 0.1) is 11.3 Å². The van der Waals surface area contributed by atoms with Gasteiger partial charge in [0.05, 0.1) is 5.39 Å². The summed E-state index contributed by atoms with van der Waals surface area (Å²) in [5.41, 5.74) is 1.88. The summed E-state index contributed by atoms with van der Waals surface area (Å²) in [6.07, 6.45) is 11.4. The van der Waals surface area contributed by atoms with Crippen LogP contribution < -0.4 is 5.56 Å². The van der Waals surface area contributed by atoms with E-state index in [0.717, 1.165) is 41.1 Å². The van der Waals surface area contributed by atoms with E-state index in [1.54, 1.807) is 23.1 Å². The Balaban J connectivity index is 1.84. The number of aryl methyl sites for hydroxylation is 1. The molecule has 0 N–H and O–H groups in total. The molecule has 2 aromatic rings. The van der Waals surface area contributed by atoms with Gasteiger partial charge in [-0.15, -0.1) is 11.3 Å². The molecule has 0 aromatic carbocycles. The van der Waals surface area contributed by atoms with Gasteiger partial charge in [0.2, 0.25) is 0 Å². The highest BCUT2D eigenvalue weighted by Crippen LogP contribution is 2.42. The van der Waals surface area contributed by atoms with E-state index in [2.05, 4.69) is 31.6 Å². The molecule has 1 saturated carbocycles. The summed E-state index contributed by atoms with van der Waals surface area (Å²) in [6.45, 7) is 7.03. The number of fused-ring (bicyclic) bond motifs is 3. The van der Waals surface area contributed by atoms with Gasteiger partial charge in [0.15, 0.2) is 5.16 Å². The summed E-state index contributed by atoms with van der Waals surface area (Å²) in [6, 6.07) is 0.345. The van der Waals surface area contributed by atoms with E-state index >= 15 is 0 Å². The van der Waals surface area contributed by atoms with Crippen LogP contribution in [0.1, 0.15) is 75.8 Å². The zero-order chi connectivity index (χ0) is 18.5. The van der Waals surface area contributed by atoms with E-state index in [-0.39, 0.29) is 5.56 Å². The third-order valence-corrected chi connectivity index (χ3v) is 8.23. The molecule has 1 atom stereocenters. The minimum absolute atomic E-state index is 0.234. The molecule has 3 nitrogen and oxygen atoms in total. The monoisotopic (exact) mass is 390 g/mol. The van der Waals surface area contributed by atoms with Crippen molar-refractivity contribution in [1.82, 2.24) is 9.55 Å². The number of hydrogen-bond acceptors (Lipinski definition) is 4. The Hall–Kier alpha value is -0.810. The number of hydrogen-bond donors (Lipinski definition) is 0. The van der Waals surface area contributed by atoms with E-state index in [1.165, 1.54) is 36.1 Å². The highest BCUT2D eigenvalue weighted by molar-refractivity contribution is 7.98. The Morgan fingerprint density at radius 3 is 2.54 bits per heavy atom. The molecule has 2 aliphatic carbocycles. The molecule has 2 aromatic heterocycles. The van der Waals surface area contributed by atoms with Gasteiger partial charge in [-0.3, -0.25) is 9.36 Å². The summed E-state index contributed by atoms with van der Waals surface area (Å²) < 4.78 is 2.05. The molecule has 0 bridgehead atoms. The van der Waals surface area contributed by atoms with Gasteiger partial charge in [0.1, 0.15) is 4.83 Å². The van der Waals surface area contributed by atoms with Crippen LogP contribution in [0.15, 0.2) is 9.95 Å². The van der Waals surface area contributed by atoms with E-state index in [9.17, 15) is 4.79 Å². The smallest absolute Gasteiger partial charge is 0.263 e. The van der Waals surface area contributed by atoms with Crippen LogP contribution in [0.25, 0.3) is 10.2 Å². The lowest BCUT2D eigenvalue weighted by Gasteiger charge is -2.33. The lowest BCUT2D eigenvalue weighted by molar-refractivity contribution is 0.218. The fourth-order valence-corrected chi connectivity index (χ4v) is 6.72. The summed E-state index contributed by atoms with van der Waals surface area (Å²) in [5, 5.41) is 1.86. The summed E-state index contributed by atoms with van der Waals surface area (Å²) in [5.74, 6) is 0.698. The number of thioether (sulfide) groups is 1. The van der Waals surface area contributed by atoms with Crippen molar-refractivity contribution in [1.29, 1.82) is 0 Å². The van der Waals surface area contributed by atoms with Crippen LogP contribution >= 0.6 is 23.1 Å². The van der Waals surface area contributed by atoms with Crippen LogP contribution in [0.5, 0.6) is 0 Å². The van der Waals surface area contributed by atoms with Crippen LogP contribution in [0.4, 0.5) is 0 Å².